The number of hydrogen-bond acceptors (Lipinski definition) is 5. The van der Waals surface area contributed by atoms with E-state index in [-0.39, 0.29) is 11.4 Å². The molecule has 26 heavy (non-hydrogen) atoms. The van der Waals surface area contributed by atoms with Gasteiger partial charge in [0, 0.05) is 18.8 Å². The number of benzene rings is 2. The smallest absolute Gasteiger partial charge is 0.258 e. The third-order valence-electron chi connectivity index (χ3n) is 3.71. The molecule has 3 rings (SSSR count). The van der Waals surface area contributed by atoms with Crippen molar-refractivity contribution in [3.05, 3.63) is 82.7 Å². The predicted molar refractivity (Wildman–Crippen MR) is 95.6 cm³/mol. The molecular weight excluding hydrogens is 356 g/mol. The molecule has 0 fully saturated rings. The van der Waals surface area contributed by atoms with E-state index < -0.39 is 20.6 Å². The molecule has 0 radical (unpaired) electrons. The second kappa shape index (κ2) is 7.46. The Hall–Kier alpha value is -3.04. The van der Waals surface area contributed by atoms with Gasteiger partial charge in [-0.15, -0.1) is 0 Å². The van der Waals surface area contributed by atoms with Gasteiger partial charge in [0.25, 0.3) is 5.69 Å². The molecule has 0 amide bonds. The summed E-state index contributed by atoms with van der Waals surface area (Å²) in [5, 5.41) is 15.3. The van der Waals surface area contributed by atoms with E-state index in [0.29, 0.717) is 6.42 Å². The first-order valence-electron chi connectivity index (χ1n) is 7.79. The lowest BCUT2D eigenvalue weighted by Crippen LogP contribution is -2.26. The summed E-state index contributed by atoms with van der Waals surface area (Å²) < 4.78 is 28.8. The largest absolute Gasteiger partial charge is 0.289 e. The van der Waals surface area contributed by atoms with E-state index in [4.69, 9.17) is 0 Å². The number of rotatable bonds is 7. The molecule has 0 saturated carbocycles. The van der Waals surface area contributed by atoms with E-state index in [9.17, 15) is 18.5 Å². The Kier molecular flexibility index (Phi) is 5.10. The number of aromatic nitrogens is 2. The fourth-order valence-electron chi connectivity index (χ4n) is 2.45. The molecule has 0 aliphatic carbocycles. The van der Waals surface area contributed by atoms with Crippen molar-refractivity contribution in [3.8, 4) is 5.69 Å². The summed E-state index contributed by atoms with van der Waals surface area (Å²) in [4.78, 5) is 9.95. The third kappa shape index (κ3) is 3.95. The zero-order valence-electron chi connectivity index (χ0n) is 13.6. The average Bonchev–Trinajstić information content (AvgIpc) is 3.11. The molecule has 9 heteroatoms. The molecule has 1 aromatic heterocycles. The van der Waals surface area contributed by atoms with E-state index in [2.05, 4.69) is 9.82 Å². The lowest BCUT2D eigenvalue weighted by Gasteiger charge is -2.06. The molecule has 0 aliphatic rings. The summed E-state index contributed by atoms with van der Waals surface area (Å²) in [7, 11) is -3.97. The second-order valence-electron chi connectivity index (χ2n) is 5.50. The van der Waals surface area contributed by atoms with E-state index >= 15 is 0 Å². The quantitative estimate of drug-likeness (QED) is 0.506. The van der Waals surface area contributed by atoms with Crippen LogP contribution in [0.15, 0.2) is 71.9 Å². The minimum atomic E-state index is -3.97. The van der Waals surface area contributed by atoms with Crippen LogP contribution in [0.4, 0.5) is 5.69 Å². The van der Waals surface area contributed by atoms with Gasteiger partial charge in [-0.1, -0.05) is 30.3 Å². The van der Waals surface area contributed by atoms with Crippen LogP contribution < -0.4 is 4.72 Å². The number of nitrogens with one attached hydrogen (secondary N) is 1. The highest BCUT2D eigenvalue weighted by molar-refractivity contribution is 7.89. The highest BCUT2D eigenvalue weighted by atomic mass is 32.2. The lowest BCUT2D eigenvalue weighted by atomic mass is 10.2. The van der Waals surface area contributed by atoms with Crippen LogP contribution in [0.2, 0.25) is 0 Å². The second-order valence-corrected chi connectivity index (χ2v) is 7.24. The molecular formula is C17H16N4O4S. The minimum absolute atomic E-state index is 0.106. The van der Waals surface area contributed by atoms with Crippen LogP contribution >= 0.6 is 0 Å². The number of nitro groups is 1. The van der Waals surface area contributed by atoms with E-state index in [1.165, 1.54) is 24.3 Å². The normalized spacial score (nSPS) is 11.4. The first kappa shape index (κ1) is 17.8. The number of sulfonamides is 1. The summed E-state index contributed by atoms with van der Waals surface area (Å²) in [6.07, 6.45) is 3.88. The summed E-state index contributed by atoms with van der Waals surface area (Å²) in [5.41, 5.74) is 1.30. The van der Waals surface area contributed by atoms with Crippen LogP contribution in [-0.4, -0.2) is 29.7 Å². The fourth-order valence-corrected chi connectivity index (χ4v) is 3.66. The Morgan fingerprint density at radius 2 is 1.77 bits per heavy atom. The maximum atomic E-state index is 12.3. The number of nitrogens with zero attached hydrogens (tertiary/aromatic N) is 3. The molecule has 1 heterocycles. The zero-order chi connectivity index (χ0) is 18.6. The molecule has 0 atom stereocenters. The molecule has 0 saturated heterocycles. The van der Waals surface area contributed by atoms with Gasteiger partial charge in [0.2, 0.25) is 10.0 Å². The van der Waals surface area contributed by atoms with Crippen LogP contribution in [-0.2, 0) is 16.4 Å². The van der Waals surface area contributed by atoms with Crippen molar-refractivity contribution in [2.75, 3.05) is 6.54 Å². The van der Waals surface area contributed by atoms with Gasteiger partial charge in [-0.3, -0.25) is 10.1 Å². The summed E-state index contributed by atoms with van der Waals surface area (Å²) in [6, 6.07) is 14.8. The minimum Gasteiger partial charge on any atom is -0.258 e. The van der Waals surface area contributed by atoms with Crippen LogP contribution in [0, 0.1) is 10.1 Å². The number of para-hydroxylation sites is 2. The molecule has 0 aliphatic heterocycles. The monoisotopic (exact) mass is 372 g/mol. The number of hydrogen-bond donors (Lipinski definition) is 1. The van der Waals surface area contributed by atoms with Gasteiger partial charge in [0.15, 0.2) is 4.90 Å². The molecule has 3 aromatic rings. The van der Waals surface area contributed by atoms with Crippen molar-refractivity contribution < 1.29 is 13.3 Å². The van der Waals surface area contributed by atoms with Crippen LogP contribution in [0.25, 0.3) is 5.69 Å². The van der Waals surface area contributed by atoms with Gasteiger partial charge in [0.05, 0.1) is 16.8 Å². The molecule has 8 nitrogen and oxygen atoms in total. The first-order valence-corrected chi connectivity index (χ1v) is 9.28. The summed E-state index contributed by atoms with van der Waals surface area (Å²) in [5.74, 6) is 0. The summed E-state index contributed by atoms with van der Waals surface area (Å²) >= 11 is 0. The first-order chi connectivity index (χ1) is 12.5. The standard InChI is InChI=1S/C17H16N4O4S/c22-21(23)16-8-4-5-9-17(16)26(24,25)19-11-10-14-12-18-20(13-14)15-6-2-1-3-7-15/h1-9,12-13,19H,10-11H2. The van der Waals surface area contributed by atoms with Crippen molar-refractivity contribution >= 4 is 15.7 Å². The highest BCUT2D eigenvalue weighted by Crippen LogP contribution is 2.22. The van der Waals surface area contributed by atoms with Gasteiger partial charge in [0.1, 0.15) is 0 Å². The van der Waals surface area contributed by atoms with Crippen LogP contribution in [0.5, 0.6) is 0 Å². The maximum Gasteiger partial charge on any atom is 0.289 e. The molecule has 0 spiro atoms. The van der Waals surface area contributed by atoms with E-state index in [1.807, 2.05) is 36.5 Å². The Labute approximate surface area is 150 Å². The average molecular weight is 372 g/mol. The van der Waals surface area contributed by atoms with Gasteiger partial charge in [-0.2, -0.15) is 5.10 Å². The van der Waals surface area contributed by atoms with Gasteiger partial charge in [-0.05, 0) is 30.2 Å². The van der Waals surface area contributed by atoms with Crippen molar-refractivity contribution in [1.29, 1.82) is 0 Å². The third-order valence-corrected chi connectivity index (χ3v) is 5.22. The fraction of sp³-hybridized carbons (Fsp3) is 0.118. The Bertz CT molecular complexity index is 1020. The maximum absolute atomic E-state index is 12.3. The van der Waals surface area contributed by atoms with Crippen molar-refractivity contribution in [2.24, 2.45) is 0 Å². The van der Waals surface area contributed by atoms with Gasteiger partial charge >= 0.3 is 0 Å². The summed E-state index contributed by atoms with van der Waals surface area (Å²) in [6.45, 7) is 0.106. The van der Waals surface area contributed by atoms with Crippen molar-refractivity contribution in [1.82, 2.24) is 14.5 Å². The Morgan fingerprint density at radius 3 is 2.50 bits per heavy atom. The predicted octanol–water partition coefficient (Wildman–Crippen LogP) is 2.30. The topological polar surface area (TPSA) is 107 Å². The van der Waals surface area contributed by atoms with Crippen molar-refractivity contribution in [3.63, 3.8) is 0 Å². The van der Waals surface area contributed by atoms with Crippen LogP contribution in [0.1, 0.15) is 5.56 Å². The van der Waals surface area contributed by atoms with Gasteiger partial charge < -0.3 is 0 Å². The molecule has 0 unspecified atom stereocenters. The van der Waals surface area contributed by atoms with Crippen LogP contribution in [0.3, 0.4) is 0 Å². The lowest BCUT2D eigenvalue weighted by molar-refractivity contribution is -0.387. The van der Waals surface area contributed by atoms with E-state index in [0.717, 1.165) is 11.3 Å². The SMILES string of the molecule is O=[N+]([O-])c1ccccc1S(=O)(=O)NCCc1cnn(-c2ccccc2)c1. The molecule has 0 bridgehead atoms. The Morgan fingerprint density at radius 1 is 1.08 bits per heavy atom. The number of nitro benzene ring substituents is 1. The highest BCUT2D eigenvalue weighted by Gasteiger charge is 2.24. The van der Waals surface area contributed by atoms with Gasteiger partial charge in [-0.25, -0.2) is 17.8 Å². The molecule has 1 N–H and O–H groups in total. The Balaban J connectivity index is 1.67. The molecule has 2 aromatic carbocycles. The van der Waals surface area contributed by atoms with E-state index in [1.54, 1.807) is 10.9 Å². The zero-order valence-corrected chi connectivity index (χ0v) is 14.5. The van der Waals surface area contributed by atoms with Crippen molar-refractivity contribution in [2.45, 2.75) is 11.3 Å². The molecule has 134 valence electrons.